The second kappa shape index (κ2) is 28.4. The minimum atomic E-state index is -3.66. The Morgan fingerprint density at radius 1 is 0.180 bits per heavy atom. The number of hydrogen-bond donors (Lipinski definition) is 31. The van der Waals surface area contributed by atoms with Gasteiger partial charge in [-0.1, -0.05) is 0 Å². The van der Waals surface area contributed by atoms with Crippen molar-refractivity contribution >= 4 is 59.7 Å². The van der Waals surface area contributed by atoms with Gasteiger partial charge in [-0.05, 0) is 30.3 Å². The van der Waals surface area contributed by atoms with Gasteiger partial charge in [-0.3, -0.25) is 0 Å². The van der Waals surface area contributed by atoms with Crippen molar-refractivity contribution in [2.24, 2.45) is 0 Å². The number of fused-ring (bicyclic) bond motifs is 14. The van der Waals surface area contributed by atoms with E-state index in [4.69, 9.17) is 47.4 Å². The number of hydrogen-bond acceptors (Lipinski definition) is 51. The summed E-state index contributed by atoms with van der Waals surface area (Å²) in [5.41, 5.74) is -42.6. The van der Waals surface area contributed by atoms with Gasteiger partial charge in [-0.15, -0.1) is 0 Å². The summed E-state index contributed by atoms with van der Waals surface area (Å²) in [4.78, 5) is 159. The van der Waals surface area contributed by atoms with E-state index >= 15 is 38.4 Å². The van der Waals surface area contributed by atoms with E-state index in [2.05, 4.69) is 0 Å². The summed E-state index contributed by atoms with van der Waals surface area (Å²) < 4.78 is 58.6. The topological polar surface area (TPSA) is 890 Å². The van der Waals surface area contributed by atoms with Gasteiger partial charge < -0.3 is 206 Å². The van der Waals surface area contributed by atoms with Crippen molar-refractivity contribution in [1.82, 2.24) is 0 Å². The maximum atomic E-state index is 16.8. The van der Waals surface area contributed by atoms with Gasteiger partial charge in [0, 0.05) is 83.5 Å². The fraction of sp³-hybridized carbons (Fsp3) is 0.146. The first-order chi connectivity index (χ1) is 62.6. The molecule has 12 bridgehead atoms. The van der Waals surface area contributed by atoms with E-state index in [1.165, 1.54) is 0 Å². The molecule has 51 heteroatoms. The first-order valence-corrected chi connectivity index (χ1v) is 37.2. The molecule has 0 aliphatic carbocycles. The molecule has 0 aromatic heterocycles. The predicted molar refractivity (Wildman–Crippen MR) is 409 cm³/mol. The minimum absolute atomic E-state index is 0.0437. The smallest absolute Gasteiger partial charge is 0.340 e. The highest BCUT2D eigenvalue weighted by atomic mass is 16.7. The molecule has 0 amide bonds. The van der Waals surface area contributed by atoms with E-state index in [9.17, 15) is 168 Å². The molecular weight excluding hydrogens is 1800 g/mol. The summed E-state index contributed by atoms with van der Waals surface area (Å²) >= 11 is 0. The van der Waals surface area contributed by atoms with Crippen LogP contribution in [0.15, 0.2) is 30.3 Å². The molecule has 0 saturated heterocycles. The maximum Gasteiger partial charge on any atom is 0.340 e. The number of aliphatic hydroxyl groups excluding tert-OH is 1. The summed E-state index contributed by atoms with van der Waals surface area (Å²) in [5, 5.41) is 369. The van der Waals surface area contributed by atoms with Gasteiger partial charge in [0.05, 0.1) is 61.6 Å². The van der Waals surface area contributed by atoms with Crippen molar-refractivity contribution < 1.29 is 254 Å². The monoisotopic (exact) mass is 1850 g/mol. The maximum absolute atomic E-state index is 16.8. The van der Waals surface area contributed by atoms with Crippen molar-refractivity contribution in [3.63, 3.8) is 0 Å². The van der Waals surface area contributed by atoms with Crippen molar-refractivity contribution in [1.29, 1.82) is 0 Å². The van der Waals surface area contributed by atoms with Crippen LogP contribution in [0.4, 0.5) is 0 Å². The lowest BCUT2D eigenvalue weighted by atomic mass is 9.72. The molecule has 684 valence electrons. The highest BCUT2D eigenvalue weighted by molar-refractivity contribution is 6.20. The second-order valence-corrected chi connectivity index (χ2v) is 30.3. The number of phenols is 30. The van der Waals surface area contributed by atoms with Crippen LogP contribution in [0, 0.1) is 0 Å². The Bertz CT molecular complexity index is 7280. The lowest BCUT2D eigenvalue weighted by molar-refractivity contribution is -0.154. The van der Waals surface area contributed by atoms with Crippen LogP contribution in [0.25, 0.3) is 66.8 Å². The molecule has 31 N–H and O–H groups in total. The average molecular weight is 1850 g/mol. The van der Waals surface area contributed by atoms with Crippen molar-refractivity contribution in [3.8, 4) is 239 Å². The summed E-state index contributed by atoms with van der Waals surface area (Å²) in [6.45, 7) is -4.22. The predicted octanol–water partition coefficient (Wildman–Crippen LogP) is 3.05. The van der Waals surface area contributed by atoms with E-state index in [-0.39, 0.29) is 30.3 Å². The Balaban J connectivity index is 0.956. The molecule has 20 rings (SSSR count). The number of rotatable bonds is 1. The van der Waals surface area contributed by atoms with Crippen molar-refractivity contribution in [2.45, 2.75) is 60.9 Å². The number of ether oxygens (including phenoxy) is 10. The largest absolute Gasteiger partial charge is 0.504 e. The van der Waals surface area contributed by atoms with Gasteiger partial charge in [-0.25, -0.2) is 47.9 Å². The summed E-state index contributed by atoms with van der Waals surface area (Å²) in [7, 11) is 0. The zero-order valence-electron chi connectivity index (χ0n) is 64.6. The number of benzene rings is 10. The third kappa shape index (κ3) is 11.3. The summed E-state index contributed by atoms with van der Waals surface area (Å²) in [5.74, 6) is -84.2. The first kappa shape index (κ1) is 84.7. The summed E-state index contributed by atoms with van der Waals surface area (Å²) in [6.07, 6.45) is -30.1. The molecule has 10 atom stereocenters. The van der Waals surface area contributed by atoms with E-state index < -0.39 is 445 Å². The molecule has 10 aliphatic heterocycles. The van der Waals surface area contributed by atoms with Crippen LogP contribution in [0.3, 0.4) is 0 Å². The Morgan fingerprint density at radius 2 is 0.391 bits per heavy atom. The molecule has 8 unspecified atom stereocenters. The van der Waals surface area contributed by atoms with E-state index in [1.54, 1.807) is 0 Å². The highest BCUT2D eigenvalue weighted by Gasteiger charge is 2.61. The Labute approximate surface area is 726 Å². The van der Waals surface area contributed by atoms with Crippen LogP contribution < -0.4 is 0 Å². The van der Waals surface area contributed by atoms with Gasteiger partial charge in [0.25, 0.3) is 0 Å². The highest BCUT2D eigenvalue weighted by Crippen LogP contribution is 2.68. The lowest BCUT2D eigenvalue weighted by Crippen LogP contribution is -2.56. The average Bonchev–Trinajstić information content (AvgIpc) is 1.41. The normalized spacial score (nSPS) is 20.8. The van der Waals surface area contributed by atoms with E-state index in [0.29, 0.717) is 0 Å². The number of esters is 10. The zero-order valence-corrected chi connectivity index (χ0v) is 64.6. The van der Waals surface area contributed by atoms with Crippen LogP contribution in [-0.4, -0.2) is 280 Å². The molecule has 51 nitrogen and oxygen atoms in total. The standard InChI is InChI=1S/C82H50O51/c83-13-1-8-20(46(93)41(13)88)21-9(2-14(84)42(89)47(21)94)76(117)128-67-18(6-124-73(8)114)126-74(115)10-3-15(85)43(90)48(95)22(10)26-36-28(54(101)62(109)52(26)99)29-38-33(59(106)65(112)55(29)102)34(69(130-79(38)120)71(67)132-80(36)121)32-35-25(51(98)64(111)58(32)105)24-12(5-17(87)45(92)50(24)97)77(118)129-68-19(7-125-78(35)119)127-75(116)11-4-16(86)44(91)49(96)23(11)27-37-30(56(103)63(110)53(27)100)31-39-40(60(107)66(113)57(31)104)61(108)70(131-82(39)123)72(68)133-81(37)122/h1-5,18-19,34,61,67-72,83-113H,6-7H2/t18?,19?,34-,61-,67?,68?,69?,70?,71?,72?/m0/s1. The van der Waals surface area contributed by atoms with E-state index in [0.717, 1.165) is 0 Å². The van der Waals surface area contributed by atoms with Gasteiger partial charge in [-0.2, -0.15) is 0 Å². The number of carbonyl (C=O) groups is 10. The summed E-state index contributed by atoms with van der Waals surface area (Å²) in [6, 6.07) is 0.454. The lowest BCUT2D eigenvalue weighted by Gasteiger charge is -2.43. The van der Waals surface area contributed by atoms with Gasteiger partial charge in [0.15, 0.2) is 164 Å². The Morgan fingerprint density at radius 3 is 0.729 bits per heavy atom. The molecule has 10 heterocycles. The van der Waals surface area contributed by atoms with Crippen LogP contribution in [-0.2, 0) is 47.4 Å². The number of aliphatic hydroxyl groups is 1. The number of carbonyl (C=O) groups excluding carboxylic acids is 10. The third-order valence-electron chi connectivity index (χ3n) is 23.4. The quantitative estimate of drug-likeness (QED) is 0.0638. The minimum Gasteiger partial charge on any atom is -0.504 e. The van der Waals surface area contributed by atoms with Gasteiger partial charge in [0.1, 0.15) is 19.3 Å². The van der Waals surface area contributed by atoms with Gasteiger partial charge >= 0.3 is 59.7 Å². The first-order valence-electron chi connectivity index (χ1n) is 37.2. The van der Waals surface area contributed by atoms with Crippen LogP contribution in [0.2, 0.25) is 0 Å². The molecule has 10 aromatic carbocycles. The SMILES string of the molecule is O=C1OCC2OC(=O)c3cc(O)c(O)c(O)c3-c3c(O)c(O)c(O)c4c3C(=O)OC(C2OC(=O)c2cc(O)c(O)c(O)c2-c2c1cc(O)c(O)c2O)C1OC(=O)c2c-4c(O)c(O)c(O)c2[C@@H]1c1c(O)c(O)c(O)c2c1C(=O)OCC1OC(=O)c3cc(O)c(O)c(O)c3-c3c(O)c(O)c(O)c4c3C(=O)OC(C1OC(=O)c1cc(O)c(O)c(O)c1-2)C1OC(=O)c2c-4c(O)c(O)c(O)c2[C@@H]1O. The second-order valence-electron chi connectivity index (χ2n) is 30.3. The van der Waals surface area contributed by atoms with E-state index in [1.807, 2.05) is 0 Å². The number of aromatic hydroxyl groups is 30. The van der Waals surface area contributed by atoms with Crippen molar-refractivity contribution in [2.75, 3.05) is 13.2 Å². The molecule has 10 aromatic rings. The molecule has 0 saturated carbocycles. The number of cyclic esters (lactones) is 2. The van der Waals surface area contributed by atoms with Crippen molar-refractivity contribution in [3.05, 3.63) is 103 Å². The Hall–Kier alpha value is -19.1. The third-order valence-corrected chi connectivity index (χ3v) is 23.4. The molecule has 0 radical (unpaired) electrons. The molecule has 133 heavy (non-hydrogen) atoms. The van der Waals surface area contributed by atoms with Crippen LogP contribution in [0.5, 0.6) is 172 Å². The fourth-order valence-corrected chi connectivity index (χ4v) is 17.5. The van der Waals surface area contributed by atoms with Crippen LogP contribution >= 0.6 is 0 Å². The fourth-order valence-electron chi connectivity index (χ4n) is 17.5. The molecule has 0 spiro atoms. The number of phenolic OH excluding ortho intramolecular Hbond substituents is 30. The molecular formula is C82H50O51. The Kier molecular flexibility index (Phi) is 18.1. The molecule has 10 aliphatic rings. The molecule has 0 fully saturated rings. The van der Waals surface area contributed by atoms with Gasteiger partial charge in [0.2, 0.25) is 57.5 Å². The zero-order chi connectivity index (χ0) is 96.3. The van der Waals surface area contributed by atoms with Crippen LogP contribution in [0.1, 0.15) is 132 Å².